The number of benzene rings is 4. The Morgan fingerprint density at radius 2 is 1.41 bits per heavy atom. The summed E-state index contributed by atoms with van der Waals surface area (Å²) in [6.45, 7) is 2.37. The van der Waals surface area contributed by atoms with Crippen molar-refractivity contribution in [3.8, 4) is 5.69 Å². The second kappa shape index (κ2) is 7.45. The van der Waals surface area contributed by atoms with E-state index in [-0.39, 0.29) is 11.3 Å². The van der Waals surface area contributed by atoms with Crippen LogP contribution in [0.15, 0.2) is 133 Å². The molecule has 6 aromatic rings. The normalized spacial score (nSPS) is 22.4. The molecule has 3 unspecified atom stereocenters. The fraction of sp³-hybridized carbons (Fsp3) is 0.108. The first-order valence-electron chi connectivity index (χ1n) is 13.9. The fourth-order valence-electron chi connectivity index (χ4n) is 8.06. The molecule has 0 amide bonds. The van der Waals surface area contributed by atoms with Crippen LogP contribution in [-0.4, -0.2) is 9.55 Å². The molecule has 0 N–H and O–H groups in total. The highest BCUT2D eigenvalue weighted by Gasteiger charge is 2.54. The SMILES string of the molecule is CC1C=CC2=C(C1c1ccncc1)C1(c3ccccc32)c2ccccc2-n2c3ccccc3c3cccc1c32. The largest absolute Gasteiger partial charge is 0.309 e. The van der Waals surface area contributed by atoms with Crippen molar-refractivity contribution in [2.75, 3.05) is 0 Å². The van der Waals surface area contributed by atoms with Crippen molar-refractivity contribution in [3.63, 3.8) is 0 Å². The van der Waals surface area contributed by atoms with Crippen LogP contribution in [0.1, 0.15) is 40.7 Å². The highest BCUT2D eigenvalue weighted by Crippen LogP contribution is 2.64. The maximum atomic E-state index is 4.38. The first kappa shape index (κ1) is 21.3. The van der Waals surface area contributed by atoms with E-state index in [1.54, 1.807) is 0 Å². The topological polar surface area (TPSA) is 17.8 Å². The van der Waals surface area contributed by atoms with Crippen LogP contribution in [0, 0.1) is 5.92 Å². The van der Waals surface area contributed by atoms with Crippen LogP contribution in [-0.2, 0) is 5.41 Å². The Labute approximate surface area is 227 Å². The number of hydrogen-bond donors (Lipinski definition) is 0. The van der Waals surface area contributed by atoms with Gasteiger partial charge in [0, 0.05) is 29.1 Å². The Morgan fingerprint density at radius 1 is 0.692 bits per heavy atom. The van der Waals surface area contributed by atoms with Crippen LogP contribution >= 0.6 is 0 Å². The second-order valence-corrected chi connectivity index (χ2v) is 11.2. The van der Waals surface area contributed by atoms with Crippen LogP contribution in [0.3, 0.4) is 0 Å². The minimum absolute atomic E-state index is 0.236. The summed E-state index contributed by atoms with van der Waals surface area (Å²) in [7, 11) is 0. The summed E-state index contributed by atoms with van der Waals surface area (Å²) in [5.74, 6) is 0.594. The van der Waals surface area contributed by atoms with Crippen LogP contribution in [0.4, 0.5) is 0 Å². The van der Waals surface area contributed by atoms with Crippen molar-refractivity contribution in [3.05, 3.63) is 161 Å². The minimum Gasteiger partial charge on any atom is -0.309 e. The molecule has 1 spiro atoms. The number of aromatic nitrogens is 2. The molecule has 3 atom stereocenters. The van der Waals surface area contributed by atoms with Gasteiger partial charge < -0.3 is 4.57 Å². The van der Waals surface area contributed by atoms with Crippen molar-refractivity contribution in [1.29, 1.82) is 0 Å². The predicted octanol–water partition coefficient (Wildman–Crippen LogP) is 8.58. The van der Waals surface area contributed by atoms with Gasteiger partial charge in [-0.15, -0.1) is 0 Å². The Balaban J connectivity index is 1.53. The Morgan fingerprint density at radius 3 is 2.31 bits per heavy atom. The standard InChI is InChI=1S/C37H26N2/c1-23-17-18-27-25-9-2-4-12-29(25)37(35(27)34(23)24-19-21-38-22-20-24)30-13-5-7-16-33(30)39-32-15-6-3-10-26(32)28-11-8-14-31(37)36(28)39/h2-23,34H,1H3. The van der Waals surface area contributed by atoms with E-state index in [1.165, 1.54) is 66.5 Å². The van der Waals surface area contributed by atoms with Crippen molar-refractivity contribution >= 4 is 27.4 Å². The zero-order valence-electron chi connectivity index (χ0n) is 21.7. The highest BCUT2D eigenvalue weighted by molar-refractivity contribution is 6.13. The number of rotatable bonds is 1. The Bertz CT molecular complexity index is 2040. The summed E-state index contributed by atoms with van der Waals surface area (Å²) in [5, 5.41) is 2.63. The van der Waals surface area contributed by atoms with E-state index in [0.717, 1.165) is 0 Å². The van der Waals surface area contributed by atoms with Gasteiger partial charge in [0.25, 0.3) is 0 Å². The summed E-state index contributed by atoms with van der Waals surface area (Å²) in [6, 6.07) is 38.5. The van der Waals surface area contributed by atoms with E-state index in [0.29, 0.717) is 5.92 Å². The van der Waals surface area contributed by atoms with Gasteiger partial charge in [-0.05, 0) is 69.1 Å². The quantitative estimate of drug-likeness (QED) is 0.222. The van der Waals surface area contributed by atoms with Gasteiger partial charge in [-0.25, -0.2) is 0 Å². The van der Waals surface area contributed by atoms with Gasteiger partial charge >= 0.3 is 0 Å². The third-order valence-electron chi connectivity index (χ3n) is 9.43. The molecule has 0 radical (unpaired) electrons. The lowest BCUT2D eigenvalue weighted by Crippen LogP contribution is -2.38. The van der Waals surface area contributed by atoms with Crippen molar-refractivity contribution in [2.45, 2.75) is 18.3 Å². The molecule has 39 heavy (non-hydrogen) atoms. The lowest BCUT2D eigenvalue weighted by atomic mass is 9.59. The molecule has 1 aliphatic heterocycles. The molecule has 2 aromatic heterocycles. The highest BCUT2D eigenvalue weighted by atomic mass is 15.0. The molecule has 2 nitrogen and oxygen atoms in total. The number of allylic oxidation sites excluding steroid dienone is 4. The third-order valence-corrected chi connectivity index (χ3v) is 9.43. The molecule has 9 rings (SSSR count). The second-order valence-electron chi connectivity index (χ2n) is 11.2. The van der Waals surface area contributed by atoms with Crippen LogP contribution in [0.25, 0.3) is 33.1 Å². The molecule has 184 valence electrons. The summed E-state index contributed by atoms with van der Waals surface area (Å²) in [4.78, 5) is 4.38. The van der Waals surface area contributed by atoms with Crippen LogP contribution < -0.4 is 0 Å². The Kier molecular flexibility index (Phi) is 4.06. The number of hydrogen-bond acceptors (Lipinski definition) is 1. The van der Waals surface area contributed by atoms with Gasteiger partial charge in [-0.3, -0.25) is 4.98 Å². The molecule has 2 heteroatoms. The van der Waals surface area contributed by atoms with E-state index in [1.807, 2.05) is 12.4 Å². The summed E-state index contributed by atoms with van der Waals surface area (Å²) >= 11 is 0. The molecule has 0 saturated carbocycles. The van der Waals surface area contributed by atoms with Gasteiger partial charge in [0.15, 0.2) is 0 Å². The Hall–Kier alpha value is -4.69. The average Bonchev–Trinajstić information content (AvgIpc) is 3.48. The number of pyridine rings is 1. The molecule has 3 heterocycles. The number of nitrogens with zero attached hydrogens (tertiary/aromatic N) is 2. The molecular formula is C37H26N2. The molecule has 0 fully saturated rings. The molecule has 3 aliphatic rings. The van der Waals surface area contributed by atoms with Gasteiger partial charge in [0.1, 0.15) is 0 Å². The van der Waals surface area contributed by atoms with E-state index in [2.05, 4.69) is 132 Å². The first-order chi connectivity index (χ1) is 19.3. The minimum atomic E-state index is -0.390. The predicted molar refractivity (Wildman–Crippen MR) is 159 cm³/mol. The van der Waals surface area contributed by atoms with Gasteiger partial charge in [0.2, 0.25) is 0 Å². The third kappa shape index (κ3) is 2.46. The van der Waals surface area contributed by atoms with Gasteiger partial charge in [-0.2, -0.15) is 0 Å². The van der Waals surface area contributed by atoms with E-state index in [4.69, 9.17) is 0 Å². The van der Waals surface area contributed by atoms with Gasteiger partial charge in [0.05, 0.1) is 22.1 Å². The van der Waals surface area contributed by atoms with Gasteiger partial charge in [-0.1, -0.05) is 97.9 Å². The monoisotopic (exact) mass is 498 g/mol. The maximum Gasteiger partial charge on any atom is 0.0723 e. The molecule has 0 bridgehead atoms. The lowest BCUT2D eigenvalue weighted by Gasteiger charge is -2.45. The van der Waals surface area contributed by atoms with Crippen molar-refractivity contribution in [1.82, 2.24) is 9.55 Å². The van der Waals surface area contributed by atoms with Crippen LogP contribution in [0.5, 0.6) is 0 Å². The zero-order chi connectivity index (χ0) is 25.7. The summed E-state index contributed by atoms with van der Waals surface area (Å²) in [6.07, 6.45) is 8.70. The van der Waals surface area contributed by atoms with E-state index >= 15 is 0 Å². The number of para-hydroxylation sites is 3. The molecule has 0 saturated heterocycles. The van der Waals surface area contributed by atoms with Crippen LogP contribution in [0.2, 0.25) is 0 Å². The smallest absolute Gasteiger partial charge is 0.0723 e. The lowest BCUT2D eigenvalue weighted by molar-refractivity contribution is 0.545. The summed E-state index contributed by atoms with van der Waals surface area (Å²) < 4.78 is 2.52. The van der Waals surface area contributed by atoms with Crippen molar-refractivity contribution in [2.24, 2.45) is 5.92 Å². The van der Waals surface area contributed by atoms with E-state index in [9.17, 15) is 0 Å². The first-order valence-corrected chi connectivity index (χ1v) is 13.9. The summed E-state index contributed by atoms with van der Waals surface area (Å²) in [5.41, 5.74) is 13.2. The maximum absolute atomic E-state index is 4.38. The molecule has 4 aromatic carbocycles. The zero-order valence-corrected chi connectivity index (χ0v) is 21.7. The van der Waals surface area contributed by atoms with E-state index < -0.39 is 0 Å². The molecular weight excluding hydrogens is 472 g/mol. The number of fused-ring (bicyclic) bond motifs is 11. The molecule has 2 aliphatic carbocycles. The average molecular weight is 499 g/mol. The van der Waals surface area contributed by atoms with Crippen molar-refractivity contribution < 1.29 is 0 Å². The fourth-order valence-corrected chi connectivity index (χ4v) is 8.06.